The highest BCUT2D eigenvalue weighted by molar-refractivity contribution is 5.88. The van der Waals surface area contributed by atoms with Crippen molar-refractivity contribution in [3.8, 4) is 11.5 Å². The number of likely N-dealkylation sites (N-methyl/N-ethyl adjacent to an activating group) is 2. The number of benzene rings is 1. The van der Waals surface area contributed by atoms with Gasteiger partial charge in [0.25, 0.3) is 0 Å². The normalized spacial score (nSPS) is 30.0. The fourth-order valence-electron chi connectivity index (χ4n) is 8.90. The summed E-state index contributed by atoms with van der Waals surface area (Å²) in [6.07, 6.45) is 5.22. The summed E-state index contributed by atoms with van der Waals surface area (Å²) in [5, 5.41) is 18.1. The first-order valence-electron chi connectivity index (χ1n) is 17.2. The molecule has 262 valence electrons. The van der Waals surface area contributed by atoms with Crippen LogP contribution in [0.4, 0.5) is 4.79 Å². The molecule has 2 heterocycles. The van der Waals surface area contributed by atoms with Crippen molar-refractivity contribution in [1.82, 2.24) is 15.5 Å². The highest BCUT2D eigenvalue weighted by Gasteiger charge is 2.75. The van der Waals surface area contributed by atoms with Crippen LogP contribution in [0.15, 0.2) is 29.3 Å². The Labute approximate surface area is 281 Å². The van der Waals surface area contributed by atoms with E-state index < -0.39 is 35.0 Å². The Kier molecular flexibility index (Phi) is 9.11. The Hall–Kier alpha value is -3.88. The lowest BCUT2D eigenvalue weighted by molar-refractivity contribution is -0.950. The Morgan fingerprint density at radius 2 is 2.04 bits per heavy atom. The number of amides is 3. The van der Waals surface area contributed by atoms with E-state index in [9.17, 15) is 19.5 Å². The van der Waals surface area contributed by atoms with Crippen LogP contribution in [0.2, 0.25) is 0 Å². The lowest BCUT2D eigenvalue weighted by atomic mass is 9.48. The molecule has 3 fully saturated rings. The van der Waals surface area contributed by atoms with Gasteiger partial charge >= 0.3 is 6.09 Å². The summed E-state index contributed by atoms with van der Waals surface area (Å²) in [5.74, 6) is 0.669. The molecule has 2 aliphatic heterocycles. The summed E-state index contributed by atoms with van der Waals surface area (Å²) < 4.78 is 13.5. The minimum Gasteiger partial charge on any atom is -0.481 e. The van der Waals surface area contributed by atoms with E-state index in [-0.39, 0.29) is 37.7 Å². The molecule has 14 nitrogen and oxygen atoms in total. The Balaban J connectivity index is 1.13. The molecule has 1 aromatic rings. The van der Waals surface area contributed by atoms with E-state index in [2.05, 4.69) is 29.3 Å². The number of nitrogens with two attached hydrogens (primary N) is 3. The molecule has 2 saturated carbocycles. The minimum absolute atomic E-state index is 0.0498. The maximum absolute atomic E-state index is 13.3. The topological polar surface area (TPSA) is 208 Å². The number of ether oxygens (including phenoxy) is 2. The number of hydrogen-bond acceptors (Lipinski definition) is 8. The summed E-state index contributed by atoms with van der Waals surface area (Å²) >= 11 is 0. The van der Waals surface area contributed by atoms with Gasteiger partial charge in [-0.2, -0.15) is 0 Å². The number of aliphatic imine (C=N–C) groups is 1. The van der Waals surface area contributed by atoms with Crippen LogP contribution in [0, 0.1) is 5.92 Å². The number of rotatable bonds is 13. The van der Waals surface area contributed by atoms with E-state index >= 15 is 0 Å². The van der Waals surface area contributed by atoms with E-state index in [1.807, 2.05) is 6.07 Å². The van der Waals surface area contributed by atoms with Crippen LogP contribution in [0.3, 0.4) is 0 Å². The van der Waals surface area contributed by atoms with E-state index in [1.54, 1.807) is 13.1 Å². The number of carbonyl (C=O) groups excluding carboxylic acids is 3. The van der Waals surface area contributed by atoms with Gasteiger partial charge in [-0.3, -0.25) is 14.6 Å². The number of guanidine groups is 1. The molecule has 0 aromatic heterocycles. The van der Waals surface area contributed by atoms with Crippen LogP contribution >= 0.6 is 0 Å². The molecule has 3 amide bonds. The molecule has 14 heteroatoms. The number of carbonyl (C=O) groups is 3. The molecule has 2 bridgehead atoms. The second-order valence-corrected chi connectivity index (χ2v) is 14.6. The third-order valence-electron chi connectivity index (χ3n) is 11.5. The first kappa shape index (κ1) is 34.0. The summed E-state index contributed by atoms with van der Waals surface area (Å²) in [6.45, 7) is 6.77. The molecule has 6 rings (SSSR count). The first-order chi connectivity index (χ1) is 22.8. The first-order valence-corrected chi connectivity index (χ1v) is 17.2. The van der Waals surface area contributed by atoms with E-state index in [4.69, 9.17) is 26.7 Å². The highest BCUT2D eigenvalue weighted by atomic mass is 16.6. The Morgan fingerprint density at radius 1 is 1.27 bits per heavy atom. The predicted octanol–water partition coefficient (Wildman–Crippen LogP) is -0.00460. The Morgan fingerprint density at radius 3 is 2.75 bits per heavy atom. The lowest BCUT2D eigenvalue weighted by Crippen LogP contribution is -2.80. The molecule has 1 saturated heterocycles. The highest BCUT2D eigenvalue weighted by Crippen LogP contribution is 2.67. The predicted molar refractivity (Wildman–Crippen MR) is 179 cm³/mol. The SMILES string of the molecule is C=C1CC[C@@]2(O)[C@@H]3Cc4ccc(OC(=O)N(C)CCNC(=O)[C@H](CCCN=C(N)N)NC(=O)CN)c5c4[C@@]2(CC[N+]3(C)CC2CC2)[C@H]1O5. The summed E-state index contributed by atoms with van der Waals surface area (Å²) in [6, 6.07) is 3.08. The fourth-order valence-corrected chi connectivity index (χ4v) is 8.90. The molecular weight excluding hydrogens is 616 g/mol. The minimum atomic E-state index is -0.941. The van der Waals surface area contributed by atoms with Crippen LogP contribution in [-0.2, 0) is 21.4 Å². The average Bonchev–Trinajstić information content (AvgIpc) is 3.78. The van der Waals surface area contributed by atoms with Crippen molar-refractivity contribution in [2.24, 2.45) is 28.1 Å². The molecule has 0 radical (unpaired) electrons. The number of piperidine rings is 1. The van der Waals surface area contributed by atoms with Gasteiger partial charge in [0.1, 0.15) is 23.8 Å². The van der Waals surface area contributed by atoms with Crippen LogP contribution < -0.4 is 37.3 Å². The largest absolute Gasteiger partial charge is 0.481 e. The molecule has 1 spiro atoms. The van der Waals surface area contributed by atoms with E-state index in [0.717, 1.165) is 53.0 Å². The third kappa shape index (κ3) is 5.87. The van der Waals surface area contributed by atoms with Crippen molar-refractivity contribution < 1.29 is 33.4 Å². The number of likely N-dealkylation sites (tertiary alicyclic amines) is 1. The zero-order chi connectivity index (χ0) is 34.4. The lowest BCUT2D eigenvalue weighted by Gasteiger charge is -2.65. The fraction of sp³-hybridized carbons (Fsp3) is 0.647. The molecule has 3 aliphatic carbocycles. The van der Waals surface area contributed by atoms with Crippen molar-refractivity contribution >= 4 is 23.9 Å². The number of aliphatic hydroxyl groups is 1. The second-order valence-electron chi connectivity index (χ2n) is 14.6. The van der Waals surface area contributed by atoms with Gasteiger partial charge in [0, 0.05) is 51.0 Å². The van der Waals surface area contributed by atoms with Crippen LogP contribution in [0.5, 0.6) is 11.5 Å². The zero-order valence-electron chi connectivity index (χ0n) is 28.1. The van der Waals surface area contributed by atoms with Gasteiger partial charge in [0.15, 0.2) is 17.5 Å². The van der Waals surface area contributed by atoms with Gasteiger partial charge in [0.2, 0.25) is 11.8 Å². The van der Waals surface area contributed by atoms with E-state index in [0.29, 0.717) is 43.7 Å². The number of hydrogen-bond donors (Lipinski definition) is 6. The van der Waals surface area contributed by atoms with Crippen molar-refractivity contribution in [2.75, 3.05) is 53.4 Å². The maximum Gasteiger partial charge on any atom is 0.415 e. The number of nitrogens with zero attached hydrogens (tertiary/aromatic N) is 3. The smallest absolute Gasteiger partial charge is 0.415 e. The number of nitrogens with one attached hydrogen (secondary N) is 2. The van der Waals surface area contributed by atoms with Gasteiger partial charge < -0.3 is 51.8 Å². The average molecular weight is 668 g/mol. The van der Waals surface area contributed by atoms with Crippen molar-refractivity contribution in [3.05, 3.63) is 35.4 Å². The van der Waals surface area contributed by atoms with Gasteiger partial charge in [-0.1, -0.05) is 12.6 Å². The van der Waals surface area contributed by atoms with Crippen molar-refractivity contribution in [3.63, 3.8) is 0 Å². The van der Waals surface area contributed by atoms with Crippen molar-refractivity contribution in [2.45, 2.75) is 80.6 Å². The molecule has 6 atom stereocenters. The quantitative estimate of drug-likeness (QED) is 0.0549. The van der Waals surface area contributed by atoms with Gasteiger partial charge in [-0.15, -0.1) is 0 Å². The van der Waals surface area contributed by atoms with Crippen LogP contribution in [0.1, 0.15) is 56.1 Å². The van der Waals surface area contributed by atoms with Crippen molar-refractivity contribution in [1.29, 1.82) is 0 Å². The van der Waals surface area contributed by atoms with Gasteiger partial charge in [0.05, 0.1) is 32.1 Å². The summed E-state index contributed by atoms with van der Waals surface area (Å²) in [7, 11) is 3.91. The third-order valence-corrected chi connectivity index (χ3v) is 11.5. The van der Waals surface area contributed by atoms with E-state index in [1.165, 1.54) is 17.7 Å². The standard InChI is InChI=1S/C34H50N8O6/c1-20-10-11-34(46)25-17-22-8-9-24(28-27(22)33(34,29(20)48-28)12-16-42(25,3)19-21-6-7-21)47-32(45)41(2)15-14-38-30(44)23(40-26(43)18-35)5-4-13-39-31(36)37/h8-9,21,23,25,29,46H,1,4-7,10-19,35H2,2-3H3,(H5-,36,37,38,39,40,43,44)/p+1/t23-,25-,29-,33-,34+,42?/m0/s1. The second kappa shape index (κ2) is 12.9. The van der Waals surface area contributed by atoms with Gasteiger partial charge in [-0.05, 0) is 55.7 Å². The molecule has 1 aromatic carbocycles. The molecule has 1 unspecified atom stereocenters. The molecule has 48 heavy (non-hydrogen) atoms. The maximum atomic E-state index is 13.3. The molecule has 9 N–H and O–H groups in total. The summed E-state index contributed by atoms with van der Waals surface area (Å²) in [4.78, 5) is 43.4. The molecule has 5 aliphatic rings. The zero-order valence-corrected chi connectivity index (χ0v) is 28.1. The number of quaternary nitrogens is 1. The van der Waals surface area contributed by atoms with Crippen LogP contribution in [0.25, 0.3) is 0 Å². The monoisotopic (exact) mass is 667 g/mol. The van der Waals surface area contributed by atoms with Crippen LogP contribution in [-0.4, -0.2) is 116 Å². The van der Waals surface area contributed by atoms with Gasteiger partial charge in [-0.25, -0.2) is 4.79 Å². The Bertz CT molecular complexity index is 1510. The summed E-state index contributed by atoms with van der Waals surface area (Å²) in [5.41, 5.74) is 17.7. The molecular formula is C34H51N8O6+.